The van der Waals surface area contributed by atoms with Crippen molar-refractivity contribution >= 4 is 34.2 Å². The minimum atomic E-state index is -1.54. The molecule has 0 aliphatic heterocycles. The zero-order valence-corrected chi connectivity index (χ0v) is 13.0. The predicted octanol–water partition coefficient (Wildman–Crippen LogP) is 2.74. The summed E-state index contributed by atoms with van der Waals surface area (Å²) in [7, 11) is 1.13. The molecule has 0 radical (unpaired) electrons. The van der Waals surface area contributed by atoms with Crippen LogP contribution in [0.25, 0.3) is 10.9 Å². The Labute approximate surface area is 138 Å². The molecule has 24 heavy (non-hydrogen) atoms. The molecule has 1 heterocycles. The van der Waals surface area contributed by atoms with Gasteiger partial charge in [-0.15, -0.1) is 0 Å². The van der Waals surface area contributed by atoms with Crippen molar-refractivity contribution in [1.29, 1.82) is 0 Å². The molecule has 0 atom stereocenters. The number of methoxy groups -OCH3 is 1. The van der Waals surface area contributed by atoms with Crippen molar-refractivity contribution in [3.05, 3.63) is 42.9 Å². The van der Waals surface area contributed by atoms with E-state index in [1.165, 1.54) is 4.57 Å². The molecule has 0 spiro atoms. The Hall–Kier alpha value is -2.68. The van der Waals surface area contributed by atoms with E-state index >= 15 is 0 Å². The molecule has 0 unspecified atom stereocenters. The van der Waals surface area contributed by atoms with E-state index in [2.05, 4.69) is 0 Å². The van der Waals surface area contributed by atoms with E-state index in [1.54, 1.807) is 0 Å². The molecule has 1 aliphatic carbocycles. The maximum absolute atomic E-state index is 14.4. The van der Waals surface area contributed by atoms with Crippen LogP contribution in [0.5, 0.6) is 5.75 Å². The number of ether oxygens (including phenoxy) is 1. The molecule has 0 amide bonds. The molecular formula is C14H10ClFN2O6. The van der Waals surface area contributed by atoms with Gasteiger partial charge < -0.3 is 14.4 Å². The first-order chi connectivity index (χ1) is 11.3. The van der Waals surface area contributed by atoms with Crippen molar-refractivity contribution in [3.63, 3.8) is 0 Å². The van der Waals surface area contributed by atoms with E-state index in [1.807, 2.05) is 0 Å². The highest BCUT2D eigenvalue weighted by molar-refractivity contribution is 6.34. The number of aromatic carboxylic acids is 1. The third kappa shape index (κ3) is 2.20. The highest BCUT2D eigenvalue weighted by Gasteiger charge is 2.35. The van der Waals surface area contributed by atoms with Crippen LogP contribution < -0.4 is 10.2 Å². The van der Waals surface area contributed by atoms with Crippen molar-refractivity contribution in [1.82, 2.24) is 4.57 Å². The zero-order valence-electron chi connectivity index (χ0n) is 12.2. The van der Waals surface area contributed by atoms with Crippen LogP contribution in [0.3, 0.4) is 0 Å². The Morgan fingerprint density at radius 2 is 2.17 bits per heavy atom. The van der Waals surface area contributed by atoms with E-state index in [9.17, 15) is 29.2 Å². The molecule has 1 aromatic carbocycles. The van der Waals surface area contributed by atoms with Crippen LogP contribution in [0, 0.1) is 15.9 Å². The van der Waals surface area contributed by atoms with Gasteiger partial charge in [-0.05, 0) is 12.8 Å². The van der Waals surface area contributed by atoms with Crippen molar-refractivity contribution < 1.29 is 24.0 Å². The fourth-order valence-corrected chi connectivity index (χ4v) is 2.90. The second kappa shape index (κ2) is 5.45. The summed E-state index contributed by atoms with van der Waals surface area (Å²) in [5.74, 6) is -3.14. The number of nitro benzene ring substituents is 1. The Kier molecular flexibility index (Phi) is 3.67. The van der Waals surface area contributed by atoms with Crippen molar-refractivity contribution in [3.8, 4) is 5.75 Å². The fraction of sp³-hybridized carbons (Fsp3) is 0.286. The Balaban J connectivity index is 2.66. The number of fused-ring (bicyclic) bond motifs is 1. The van der Waals surface area contributed by atoms with Crippen LogP contribution in [0.15, 0.2) is 11.0 Å². The van der Waals surface area contributed by atoms with Crippen LogP contribution in [0.1, 0.15) is 29.2 Å². The molecule has 2 aromatic rings. The van der Waals surface area contributed by atoms with Gasteiger partial charge in [-0.2, -0.15) is 0 Å². The predicted molar refractivity (Wildman–Crippen MR) is 81.6 cm³/mol. The molecule has 8 nitrogen and oxygen atoms in total. The lowest BCUT2D eigenvalue weighted by molar-refractivity contribution is -0.383. The third-order valence-corrected chi connectivity index (χ3v) is 4.19. The van der Waals surface area contributed by atoms with Gasteiger partial charge in [-0.3, -0.25) is 14.9 Å². The number of nitro groups is 1. The van der Waals surface area contributed by atoms with Gasteiger partial charge in [-0.25, -0.2) is 9.18 Å². The summed E-state index contributed by atoms with van der Waals surface area (Å²) in [5, 5.41) is 19.1. The van der Waals surface area contributed by atoms with E-state index in [0.29, 0.717) is 12.8 Å². The average Bonchev–Trinajstić information content (AvgIpc) is 3.33. The first kappa shape index (κ1) is 16.2. The van der Waals surface area contributed by atoms with Crippen LogP contribution in [-0.4, -0.2) is 27.7 Å². The Morgan fingerprint density at radius 3 is 2.62 bits per heavy atom. The number of nitrogens with zero attached hydrogens (tertiary/aromatic N) is 2. The third-order valence-electron chi connectivity index (χ3n) is 3.84. The van der Waals surface area contributed by atoms with Crippen molar-refractivity contribution in [2.75, 3.05) is 7.11 Å². The number of aromatic nitrogens is 1. The minimum absolute atomic E-state index is 0.163. The second-order valence-corrected chi connectivity index (χ2v) is 5.68. The van der Waals surface area contributed by atoms with Gasteiger partial charge in [0.25, 0.3) is 0 Å². The molecule has 0 bridgehead atoms. The molecule has 3 rings (SSSR count). The highest BCUT2D eigenvalue weighted by atomic mass is 35.5. The number of rotatable bonds is 4. The summed E-state index contributed by atoms with van der Waals surface area (Å²) in [5.41, 5.74) is -2.89. The molecule has 10 heteroatoms. The van der Waals surface area contributed by atoms with Gasteiger partial charge >= 0.3 is 11.7 Å². The smallest absolute Gasteiger partial charge is 0.341 e. The number of carbonyl (C=O) groups is 1. The first-order valence-electron chi connectivity index (χ1n) is 6.81. The number of carboxylic acids is 1. The zero-order chi connectivity index (χ0) is 17.8. The summed E-state index contributed by atoms with van der Waals surface area (Å²) in [4.78, 5) is 34.1. The molecular weight excluding hydrogens is 347 g/mol. The van der Waals surface area contributed by atoms with Gasteiger partial charge in [0.2, 0.25) is 5.43 Å². The summed E-state index contributed by atoms with van der Waals surface area (Å²) in [6, 6.07) is -0.194. The summed E-state index contributed by atoms with van der Waals surface area (Å²) >= 11 is 5.71. The summed E-state index contributed by atoms with van der Waals surface area (Å²) < 4.78 is 20.7. The number of pyridine rings is 1. The van der Waals surface area contributed by atoms with Gasteiger partial charge in [0.15, 0.2) is 16.6 Å². The number of halogens is 2. The van der Waals surface area contributed by atoms with Crippen molar-refractivity contribution in [2.24, 2.45) is 0 Å². The number of benzene rings is 1. The first-order valence-corrected chi connectivity index (χ1v) is 7.18. The quantitative estimate of drug-likeness (QED) is 0.666. The van der Waals surface area contributed by atoms with Gasteiger partial charge in [-0.1, -0.05) is 11.6 Å². The Morgan fingerprint density at radius 1 is 1.54 bits per heavy atom. The number of carboxylic acid groups (broad SMARTS) is 1. The van der Waals surface area contributed by atoms with E-state index in [4.69, 9.17) is 16.3 Å². The molecule has 1 fully saturated rings. The lowest BCUT2D eigenvalue weighted by Crippen LogP contribution is -2.20. The molecule has 1 aromatic heterocycles. The lowest BCUT2D eigenvalue weighted by atomic mass is 10.1. The second-order valence-electron chi connectivity index (χ2n) is 5.31. The molecule has 126 valence electrons. The van der Waals surface area contributed by atoms with E-state index in [-0.39, 0.29) is 11.6 Å². The summed E-state index contributed by atoms with van der Waals surface area (Å²) in [6.07, 6.45) is 2.39. The maximum atomic E-state index is 14.4. The molecule has 1 N–H and O–H groups in total. The minimum Gasteiger partial charge on any atom is -0.491 e. The molecule has 0 saturated heterocycles. The van der Waals surface area contributed by atoms with Gasteiger partial charge in [0.05, 0.1) is 12.0 Å². The Bertz CT molecular complexity index is 966. The highest BCUT2D eigenvalue weighted by Crippen LogP contribution is 2.45. The molecule has 1 saturated carbocycles. The largest absolute Gasteiger partial charge is 0.491 e. The monoisotopic (exact) mass is 356 g/mol. The summed E-state index contributed by atoms with van der Waals surface area (Å²) in [6.45, 7) is 0. The van der Waals surface area contributed by atoms with Crippen LogP contribution in [0.4, 0.5) is 10.1 Å². The lowest BCUT2D eigenvalue weighted by Gasteiger charge is -2.16. The topological polar surface area (TPSA) is 112 Å². The number of hydrogen-bond acceptors (Lipinski definition) is 5. The normalized spacial score (nSPS) is 14.0. The molecule has 1 aliphatic rings. The average molecular weight is 357 g/mol. The standard InChI is InChI=1S/C14H10ClFN2O6/c1-24-13-9(16)8(15)10(18(22)23)7-11(13)17(5-2-3-5)4-6(12(7)19)14(20)21/h4-5H,2-3H2,1H3,(H,20,21). The van der Waals surface area contributed by atoms with Crippen LogP contribution >= 0.6 is 11.6 Å². The number of hydrogen-bond donors (Lipinski definition) is 1. The van der Waals surface area contributed by atoms with E-state index in [0.717, 1.165) is 13.3 Å². The van der Waals surface area contributed by atoms with Gasteiger partial charge in [0, 0.05) is 12.2 Å². The van der Waals surface area contributed by atoms with Crippen molar-refractivity contribution in [2.45, 2.75) is 18.9 Å². The van der Waals surface area contributed by atoms with E-state index < -0.39 is 49.5 Å². The SMILES string of the molecule is COc1c(F)c(Cl)c([N+](=O)[O-])c2c(=O)c(C(=O)O)cn(C3CC3)c12. The van der Waals surface area contributed by atoms with Crippen LogP contribution in [-0.2, 0) is 0 Å². The van der Waals surface area contributed by atoms with Gasteiger partial charge in [0.1, 0.15) is 16.5 Å². The maximum Gasteiger partial charge on any atom is 0.341 e. The fourth-order valence-electron chi connectivity index (χ4n) is 2.65. The van der Waals surface area contributed by atoms with Crippen LogP contribution in [0.2, 0.25) is 5.02 Å².